The van der Waals surface area contributed by atoms with Gasteiger partial charge in [-0.05, 0) is 38.0 Å². The Labute approximate surface area is 175 Å². The lowest BCUT2D eigenvalue weighted by Crippen LogP contribution is -2.18. The Kier molecular flexibility index (Phi) is 4.92. The molecule has 1 aliphatic heterocycles. The zero-order chi connectivity index (χ0) is 21.5. The molecule has 0 bridgehead atoms. The third-order valence-corrected chi connectivity index (χ3v) is 6.68. The molecule has 2 heterocycles. The summed E-state index contributed by atoms with van der Waals surface area (Å²) in [7, 11) is -4.04. The molecule has 4 rings (SSSR count). The smallest absolute Gasteiger partial charge is 0.263 e. The summed E-state index contributed by atoms with van der Waals surface area (Å²) in [6.07, 6.45) is 1.53. The highest BCUT2D eigenvalue weighted by Crippen LogP contribution is 2.29. The van der Waals surface area contributed by atoms with E-state index in [1.54, 1.807) is 35.8 Å². The van der Waals surface area contributed by atoms with Crippen LogP contribution in [0.15, 0.2) is 47.4 Å². The molecule has 8 heteroatoms. The minimum atomic E-state index is -4.04. The van der Waals surface area contributed by atoms with E-state index in [1.807, 2.05) is 25.1 Å². The van der Waals surface area contributed by atoms with Gasteiger partial charge in [-0.2, -0.15) is 5.26 Å². The zero-order valence-electron chi connectivity index (χ0n) is 16.6. The largest absolute Gasteiger partial charge is 0.323 e. The zero-order valence-corrected chi connectivity index (χ0v) is 17.5. The van der Waals surface area contributed by atoms with E-state index in [0.29, 0.717) is 29.9 Å². The van der Waals surface area contributed by atoms with Crippen LogP contribution in [-0.4, -0.2) is 23.8 Å². The molecule has 0 saturated carbocycles. The number of aromatic nitrogens is 2. The lowest BCUT2D eigenvalue weighted by atomic mass is 10.1. The number of hydrogen-bond donors (Lipinski definition) is 1. The van der Waals surface area contributed by atoms with Crippen LogP contribution in [0.5, 0.6) is 0 Å². The summed E-state index contributed by atoms with van der Waals surface area (Å²) in [4.78, 5) is 17.7. The Balaban J connectivity index is 1.78. The van der Waals surface area contributed by atoms with Gasteiger partial charge in [0.15, 0.2) is 5.82 Å². The third kappa shape index (κ3) is 3.48. The van der Waals surface area contributed by atoms with Crippen LogP contribution in [0.3, 0.4) is 0 Å². The minimum Gasteiger partial charge on any atom is -0.323 e. The highest BCUT2D eigenvalue weighted by molar-refractivity contribution is 7.92. The Morgan fingerprint density at radius 1 is 1.17 bits per heavy atom. The Morgan fingerprint density at radius 3 is 2.60 bits per heavy atom. The number of fused-ring (bicyclic) bond motifs is 1. The molecule has 0 radical (unpaired) electrons. The number of carbonyl (C=O) groups excluding carboxylic acids is 1. The summed E-state index contributed by atoms with van der Waals surface area (Å²) in [6, 6.07) is 13.6. The number of aryl methyl sites for hydroxylation is 3. The minimum absolute atomic E-state index is 0.0107. The predicted octanol–water partition coefficient (Wildman–Crippen LogP) is 3.35. The van der Waals surface area contributed by atoms with Gasteiger partial charge in [0.25, 0.3) is 10.0 Å². The first-order valence-corrected chi connectivity index (χ1v) is 11.0. The molecular weight excluding hydrogens is 400 g/mol. The van der Waals surface area contributed by atoms with Crippen LogP contribution in [0.25, 0.3) is 0 Å². The third-order valence-electron chi connectivity index (χ3n) is 5.20. The summed E-state index contributed by atoms with van der Waals surface area (Å²) in [5.74, 6) is 0.429. The quantitative estimate of drug-likeness (QED) is 0.637. The monoisotopic (exact) mass is 420 g/mol. The predicted molar refractivity (Wildman–Crippen MR) is 112 cm³/mol. The van der Waals surface area contributed by atoms with Crippen molar-refractivity contribution in [1.29, 1.82) is 5.26 Å². The molecule has 1 aliphatic rings. The molecule has 30 heavy (non-hydrogen) atoms. The van der Waals surface area contributed by atoms with Crippen LogP contribution in [0.1, 0.15) is 45.0 Å². The molecule has 0 spiro atoms. The van der Waals surface area contributed by atoms with E-state index in [0.717, 1.165) is 12.0 Å². The van der Waals surface area contributed by atoms with Gasteiger partial charge in [0, 0.05) is 18.5 Å². The second kappa shape index (κ2) is 7.43. The fraction of sp³-hybridized carbons (Fsp3) is 0.227. The molecule has 2 aromatic carbocycles. The lowest BCUT2D eigenvalue weighted by molar-refractivity contribution is 0.103. The van der Waals surface area contributed by atoms with Gasteiger partial charge < -0.3 is 4.57 Å². The number of sulfonamides is 1. The second-order valence-corrected chi connectivity index (χ2v) is 9.02. The molecule has 1 N–H and O–H groups in total. The molecule has 152 valence electrons. The van der Waals surface area contributed by atoms with Gasteiger partial charge in [0.2, 0.25) is 5.78 Å². The van der Waals surface area contributed by atoms with E-state index in [9.17, 15) is 13.2 Å². The Hall–Kier alpha value is -3.44. The molecule has 0 aliphatic carbocycles. The van der Waals surface area contributed by atoms with Crippen molar-refractivity contribution in [2.75, 3.05) is 4.72 Å². The van der Waals surface area contributed by atoms with Crippen molar-refractivity contribution in [3.8, 4) is 6.07 Å². The molecule has 7 nitrogen and oxygen atoms in total. The van der Waals surface area contributed by atoms with E-state index < -0.39 is 10.0 Å². The number of hydrogen-bond acceptors (Lipinski definition) is 5. The number of nitrogens with one attached hydrogen (secondary N) is 1. The standard InChI is InChI=1S/C22H20N4O3S/c1-14-5-9-17(10-6-14)21(27)20-22(24-19-4-3-11-26(19)20)25-30(28,29)18-12-16(13-23)8-7-15(18)2/h5-10,12,25H,3-4,11H2,1-2H3. The van der Waals surface area contributed by atoms with E-state index >= 15 is 0 Å². The van der Waals surface area contributed by atoms with Crippen LogP contribution in [0.4, 0.5) is 5.82 Å². The highest BCUT2D eigenvalue weighted by Gasteiger charge is 2.30. The van der Waals surface area contributed by atoms with Crippen molar-refractivity contribution < 1.29 is 13.2 Å². The summed E-state index contributed by atoms with van der Waals surface area (Å²) in [6.45, 7) is 4.20. The van der Waals surface area contributed by atoms with Crippen molar-refractivity contribution in [1.82, 2.24) is 9.55 Å². The van der Waals surface area contributed by atoms with Crippen molar-refractivity contribution in [2.24, 2.45) is 0 Å². The summed E-state index contributed by atoms with van der Waals surface area (Å²) < 4.78 is 30.5. The fourth-order valence-corrected chi connectivity index (χ4v) is 4.89. The summed E-state index contributed by atoms with van der Waals surface area (Å²) in [5, 5.41) is 9.12. The molecular formula is C22H20N4O3S. The first-order valence-electron chi connectivity index (χ1n) is 9.54. The van der Waals surface area contributed by atoms with Crippen molar-refractivity contribution >= 4 is 21.6 Å². The average Bonchev–Trinajstić information content (AvgIpc) is 3.28. The van der Waals surface area contributed by atoms with Gasteiger partial charge in [-0.3, -0.25) is 9.52 Å². The number of benzene rings is 2. The van der Waals surface area contributed by atoms with Crippen LogP contribution in [-0.2, 0) is 23.0 Å². The molecule has 0 amide bonds. The topological polar surface area (TPSA) is 105 Å². The van der Waals surface area contributed by atoms with Crippen molar-refractivity contribution in [3.05, 3.63) is 76.2 Å². The van der Waals surface area contributed by atoms with Gasteiger partial charge >= 0.3 is 0 Å². The number of anilines is 1. The Bertz CT molecular complexity index is 1300. The molecule has 0 fully saturated rings. The maximum absolute atomic E-state index is 13.3. The fourth-order valence-electron chi connectivity index (χ4n) is 3.61. The van der Waals surface area contributed by atoms with Gasteiger partial charge in [-0.25, -0.2) is 13.4 Å². The number of nitrogens with zero attached hydrogens (tertiary/aromatic N) is 3. The van der Waals surface area contributed by atoms with E-state index in [2.05, 4.69) is 9.71 Å². The van der Waals surface area contributed by atoms with Gasteiger partial charge in [0.05, 0.1) is 16.5 Å². The molecule has 0 unspecified atom stereocenters. The maximum Gasteiger partial charge on any atom is 0.263 e. The average molecular weight is 420 g/mol. The summed E-state index contributed by atoms with van der Waals surface area (Å²) >= 11 is 0. The summed E-state index contributed by atoms with van der Waals surface area (Å²) in [5.41, 5.74) is 2.48. The molecule has 1 aromatic heterocycles. The first-order chi connectivity index (χ1) is 14.3. The second-order valence-electron chi connectivity index (χ2n) is 7.37. The van der Waals surface area contributed by atoms with Gasteiger partial charge in [0.1, 0.15) is 11.5 Å². The van der Waals surface area contributed by atoms with E-state index in [-0.39, 0.29) is 27.8 Å². The molecule has 0 atom stereocenters. The number of carbonyl (C=O) groups is 1. The van der Waals surface area contributed by atoms with Crippen LogP contribution in [0.2, 0.25) is 0 Å². The highest BCUT2D eigenvalue weighted by atomic mass is 32.2. The molecule has 3 aromatic rings. The lowest BCUT2D eigenvalue weighted by Gasteiger charge is -2.12. The maximum atomic E-state index is 13.3. The van der Waals surface area contributed by atoms with E-state index in [4.69, 9.17) is 5.26 Å². The van der Waals surface area contributed by atoms with Crippen molar-refractivity contribution in [3.63, 3.8) is 0 Å². The number of nitriles is 1. The van der Waals surface area contributed by atoms with Crippen LogP contribution >= 0.6 is 0 Å². The van der Waals surface area contributed by atoms with E-state index in [1.165, 1.54) is 6.07 Å². The first kappa shape index (κ1) is 19.9. The van der Waals surface area contributed by atoms with Gasteiger partial charge in [-0.1, -0.05) is 35.9 Å². The SMILES string of the molecule is Cc1ccc(C(=O)c2c(NS(=O)(=O)c3cc(C#N)ccc3C)nc3n2CCC3)cc1. The van der Waals surface area contributed by atoms with Crippen molar-refractivity contribution in [2.45, 2.75) is 38.1 Å². The van der Waals surface area contributed by atoms with Gasteiger partial charge in [-0.15, -0.1) is 0 Å². The molecule has 0 saturated heterocycles. The number of ketones is 1. The number of imidazole rings is 1. The number of rotatable bonds is 5. The van der Waals surface area contributed by atoms with Crippen LogP contribution < -0.4 is 4.72 Å². The van der Waals surface area contributed by atoms with Crippen LogP contribution in [0, 0.1) is 25.2 Å². The normalized spacial score (nSPS) is 13.0. The Morgan fingerprint density at radius 2 is 1.90 bits per heavy atom.